The quantitative estimate of drug-likeness (QED) is 0.875. The van der Waals surface area contributed by atoms with E-state index in [2.05, 4.69) is 5.32 Å². The van der Waals surface area contributed by atoms with Gasteiger partial charge in [0.2, 0.25) is 5.91 Å². The molecule has 1 saturated heterocycles. The lowest BCUT2D eigenvalue weighted by Gasteiger charge is -2.35. The smallest absolute Gasteiger partial charge is 0.238 e. The van der Waals surface area contributed by atoms with E-state index in [4.69, 9.17) is 5.73 Å². The molecule has 6 heteroatoms. The molecular weight excluding hydrogens is 276 g/mol. The Morgan fingerprint density at radius 1 is 1.33 bits per heavy atom. The summed E-state index contributed by atoms with van der Waals surface area (Å²) in [6.07, 6.45) is 4.01. The zero-order chi connectivity index (χ0) is 15.2. The van der Waals surface area contributed by atoms with Crippen LogP contribution in [-0.2, 0) is 4.79 Å². The molecule has 0 aliphatic carbocycles. The number of nitrogens with one attached hydrogen (secondary N) is 1. The predicted octanol–water partition coefficient (Wildman–Crippen LogP) is 2.11. The maximum absolute atomic E-state index is 13.5. The third-order valence-electron chi connectivity index (χ3n) is 3.82. The summed E-state index contributed by atoms with van der Waals surface area (Å²) >= 11 is 0. The van der Waals surface area contributed by atoms with Crippen LogP contribution in [0.3, 0.4) is 0 Å². The lowest BCUT2D eigenvalue weighted by atomic mass is 9.99. The van der Waals surface area contributed by atoms with Gasteiger partial charge in [-0.05, 0) is 44.5 Å². The van der Waals surface area contributed by atoms with Crippen LogP contribution >= 0.6 is 0 Å². The third kappa shape index (κ3) is 4.22. The summed E-state index contributed by atoms with van der Waals surface area (Å²) in [4.78, 5) is 14.1. The van der Waals surface area contributed by atoms with Crippen LogP contribution < -0.4 is 11.1 Å². The molecule has 21 heavy (non-hydrogen) atoms. The number of likely N-dealkylation sites (tertiary alicyclic amines) is 1. The van der Waals surface area contributed by atoms with Crippen LogP contribution in [0.25, 0.3) is 0 Å². The van der Waals surface area contributed by atoms with Crippen molar-refractivity contribution in [2.24, 2.45) is 5.73 Å². The Kier molecular flexibility index (Phi) is 5.64. The third-order valence-corrected chi connectivity index (χ3v) is 3.82. The molecule has 1 fully saturated rings. The van der Waals surface area contributed by atoms with E-state index in [-0.39, 0.29) is 18.3 Å². The molecule has 1 aliphatic rings. The van der Waals surface area contributed by atoms with Gasteiger partial charge in [-0.2, -0.15) is 0 Å². The normalized spacial score (nSPS) is 19.5. The molecule has 1 amide bonds. The van der Waals surface area contributed by atoms with E-state index in [0.29, 0.717) is 6.54 Å². The monoisotopic (exact) mass is 297 g/mol. The van der Waals surface area contributed by atoms with Crippen molar-refractivity contribution < 1.29 is 13.6 Å². The second-order valence-corrected chi connectivity index (χ2v) is 5.34. The summed E-state index contributed by atoms with van der Waals surface area (Å²) in [7, 11) is 0. The number of anilines is 1. The molecule has 0 spiro atoms. The van der Waals surface area contributed by atoms with Crippen LogP contribution in [0.1, 0.15) is 25.7 Å². The highest BCUT2D eigenvalue weighted by atomic mass is 19.1. The minimum absolute atomic E-state index is 0.137. The molecule has 1 atom stereocenters. The lowest BCUT2D eigenvalue weighted by molar-refractivity contribution is -0.118. The molecule has 0 radical (unpaired) electrons. The summed E-state index contributed by atoms with van der Waals surface area (Å²) in [5, 5.41) is 2.33. The van der Waals surface area contributed by atoms with Crippen molar-refractivity contribution in [3.05, 3.63) is 29.8 Å². The van der Waals surface area contributed by atoms with E-state index >= 15 is 0 Å². The number of nitrogens with two attached hydrogens (primary N) is 1. The van der Waals surface area contributed by atoms with Crippen molar-refractivity contribution >= 4 is 11.6 Å². The molecular formula is C15H21F2N3O. The molecule has 116 valence electrons. The number of halogens is 2. The van der Waals surface area contributed by atoms with Gasteiger partial charge in [0.15, 0.2) is 0 Å². The average Bonchev–Trinajstić information content (AvgIpc) is 2.45. The predicted molar refractivity (Wildman–Crippen MR) is 77.9 cm³/mol. The molecule has 0 saturated carbocycles. The number of hydrogen-bond donors (Lipinski definition) is 2. The molecule has 0 aromatic heterocycles. The van der Waals surface area contributed by atoms with Gasteiger partial charge < -0.3 is 11.1 Å². The highest BCUT2D eigenvalue weighted by Crippen LogP contribution is 2.20. The number of para-hydroxylation sites is 1. The Labute approximate surface area is 123 Å². The summed E-state index contributed by atoms with van der Waals surface area (Å²) in [5.41, 5.74) is 5.21. The van der Waals surface area contributed by atoms with Crippen molar-refractivity contribution in [3.8, 4) is 0 Å². The minimum Gasteiger partial charge on any atom is -0.330 e. The number of piperidine rings is 1. The van der Waals surface area contributed by atoms with Gasteiger partial charge in [0.05, 0.1) is 6.54 Å². The molecule has 0 bridgehead atoms. The molecule has 1 aromatic rings. The molecule has 3 N–H and O–H groups in total. The number of amides is 1. The van der Waals surface area contributed by atoms with Crippen molar-refractivity contribution in [3.63, 3.8) is 0 Å². The number of hydrogen-bond acceptors (Lipinski definition) is 3. The van der Waals surface area contributed by atoms with E-state index in [1.54, 1.807) is 0 Å². The molecule has 4 nitrogen and oxygen atoms in total. The van der Waals surface area contributed by atoms with Crippen molar-refractivity contribution in [2.75, 3.05) is 25.0 Å². The highest BCUT2D eigenvalue weighted by Gasteiger charge is 2.24. The van der Waals surface area contributed by atoms with Crippen LogP contribution in [0.15, 0.2) is 18.2 Å². The van der Waals surface area contributed by atoms with Gasteiger partial charge in [0, 0.05) is 6.04 Å². The van der Waals surface area contributed by atoms with Crippen LogP contribution in [0.4, 0.5) is 14.5 Å². The largest absolute Gasteiger partial charge is 0.330 e. The summed E-state index contributed by atoms with van der Waals surface area (Å²) in [6, 6.07) is 3.79. The first kappa shape index (κ1) is 15.9. The van der Waals surface area contributed by atoms with Gasteiger partial charge in [0.25, 0.3) is 0 Å². The first-order valence-electron chi connectivity index (χ1n) is 7.30. The SMILES string of the molecule is NCCC1CCCCN1CC(=O)Nc1c(F)cccc1F. The maximum atomic E-state index is 13.5. The standard InChI is InChI=1S/C15H21F2N3O/c16-12-5-3-6-13(17)15(12)19-14(21)10-20-9-2-1-4-11(20)7-8-18/h3,5-6,11H,1-2,4,7-10,18H2,(H,19,21). The van der Waals surface area contributed by atoms with Gasteiger partial charge in [0.1, 0.15) is 17.3 Å². The fourth-order valence-corrected chi connectivity index (χ4v) is 2.77. The van der Waals surface area contributed by atoms with E-state index in [1.165, 1.54) is 6.07 Å². The lowest BCUT2D eigenvalue weighted by Crippen LogP contribution is -2.44. The zero-order valence-corrected chi connectivity index (χ0v) is 11.9. The van der Waals surface area contributed by atoms with E-state index < -0.39 is 17.5 Å². The fourth-order valence-electron chi connectivity index (χ4n) is 2.77. The van der Waals surface area contributed by atoms with Crippen molar-refractivity contribution in [1.29, 1.82) is 0 Å². The molecule has 1 aromatic carbocycles. The number of carbonyl (C=O) groups excluding carboxylic acids is 1. The number of benzene rings is 1. The van der Waals surface area contributed by atoms with Crippen LogP contribution in [-0.4, -0.2) is 36.5 Å². The van der Waals surface area contributed by atoms with Crippen LogP contribution in [0.2, 0.25) is 0 Å². The van der Waals surface area contributed by atoms with E-state index in [0.717, 1.165) is 44.4 Å². The Hall–Kier alpha value is -1.53. The van der Waals surface area contributed by atoms with E-state index in [1.807, 2.05) is 4.90 Å². The Morgan fingerprint density at radius 2 is 2.05 bits per heavy atom. The van der Waals surface area contributed by atoms with Crippen LogP contribution in [0, 0.1) is 11.6 Å². The van der Waals surface area contributed by atoms with Crippen molar-refractivity contribution in [1.82, 2.24) is 4.90 Å². The van der Waals surface area contributed by atoms with Gasteiger partial charge in [-0.3, -0.25) is 9.69 Å². The summed E-state index contributed by atoms with van der Waals surface area (Å²) < 4.78 is 27.0. The highest BCUT2D eigenvalue weighted by molar-refractivity contribution is 5.92. The molecule has 1 aliphatic heterocycles. The Bertz CT molecular complexity index is 474. The van der Waals surface area contributed by atoms with Gasteiger partial charge in [-0.15, -0.1) is 0 Å². The Balaban J connectivity index is 1.97. The summed E-state index contributed by atoms with van der Waals surface area (Å²) in [6.45, 7) is 1.53. The van der Waals surface area contributed by atoms with Gasteiger partial charge >= 0.3 is 0 Å². The van der Waals surface area contributed by atoms with Gasteiger partial charge in [-0.1, -0.05) is 12.5 Å². The van der Waals surface area contributed by atoms with Crippen molar-refractivity contribution in [2.45, 2.75) is 31.7 Å². The summed E-state index contributed by atoms with van der Waals surface area (Å²) in [5.74, 6) is -1.93. The number of nitrogens with zero attached hydrogens (tertiary/aromatic N) is 1. The molecule has 2 rings (SSSR count). The first-order chi connectivity index (χ1) is 10.1. The number of rotatable bonds is 5. The number of carbonyl (C=O) groups is 1. The van der Waals surface area contributed by atoms with Gasteiger partial charge in [-0.25, -0.2) is 8.78 Å². The van der Waals surface area contributed by atoms with Crippen LogP contribution in [0.5, 0.6) is 0 Å². The fraction of sp³-hybridized carbons (Fsp3) is 0.533. The average molecular weight is 297 g/mol. The molecule has 1 unspecified atom stereocenters. The first-order valence-corrected chi connectivity index (χ1v) is 7.30. The minimum atomic E-state index is -0.763. The second kappa shape index (κ2) is 7.47. The maximum Gasteiger partial charge on any atom is 0.238 e. The second-order valence-electron chi connectivity index (χ2n) is 5.34. The molecule has 1 heterocycles. The Morgan fingerprint density at radius 3 is 2.71 bits per heavy atom. The topological polar surface area (TPSA) is 58.4 Å². The zero-order valence-electron chi connectivity index (χ0n) is 11.9. The van der Waals surface area contributed by atoms with E-state index in [9.17, 15) is 13.6 Å².